The number of hydrogen-bond donors (Lipinski definition) is 2. The molecular formula is C12H12N2O3. The van der Waals surface area contributed by atoms with Crippen LogP contribution in [0.15, 0.2) is 35.5 Å². The molecule has 5 nitrogen and oxygen atoms in total. The molecule has 0 aromatic carbocycles. The van der Waals surface area contributed by atoms with Crippen molar-refractivity contribution in [1.82, 2.24) is 9.55 Å². The number of carboxylic acids is 1. The molecule has 0 aliphatic rings. The Kier molecular flexibility index (Phi) is 2.82. The highest BCUT2D eigenvalue weighted by molar-refractivity contribution is 5.70. The van der Waals surface area contributed by atoms with Crippen molar-refractivity contribution in [2.75, 3.05) is 0 Å². The van der Waals surface area contributed by atoms with Crippen molar-refractivity contribution in [3.05, 3.63) is 52.1 Å². The first-order valence-electron chi connectivity index (χ1n) is 5.14. The lowest BCUT2D eigenvalue weighted by Gasteiger charge is -2.03. The summed E-state index contributed by atoms with van der Waals surface area (Å²) in [6.07, 6.45) is 4.89. The third kappa shape index (κ3) is 2.44. The van der Waals surface area contributed by atoms with E-state index >= 15 is 0 Å². The maximum absolute atomic E-state index is 11.7. The molecule has 0 bridgehead atoms. The quantitative estimate of drug-likeness (QED) is 0.832. The van der Waals surface area contributed by atoms with Gasteiger partial charge >= 0.3 is 5.97 Å². The summed E-state index contributed by atoms with van der Waals surface area (Å²) in [5.74, 6) is -0.391. The summed E-state index contributed by atoms with van der Waals surface area (Å²) in [6.45, 7) is 1.95. The molecule has 0 saturated heterocycles. The summed E-state index contributed by atoms with van der Waals surface area (Å²) < 4.78 is 1.78. The summed E-state index contributed by atoms with van der Waals surface area (Å²) >= 11 is 0. The highest BCUT2D eigenvalue weighted by atomic mass is 16.4. The largest absolute Gasteiger partial charge is 0.481 e. The van der Waals surface area contributed by atoms with Gasteiger partial charge in [-0.2, -0.15) is 0 Å². The van der Waals surface area contributed by atoms with Crippen LogP contribution in [0.1, 0.15) is 11.1 Å². The molecule has 0 saturated carbocycles. The van der Waals surface area contributed by atoms with Crippen LogP contribution in [-0.4, -0.2) is 20.6 Å². The summed E-state index contributed by atoms with van der Waals surface area (Å²) in [7, 11) is 0. The van der Waals surface area contributed by atoms with Crippen molar-refractivity contribution in [3.63, 3.8) is 0 Å². The monoisotopic (exact) mass is 232 g/mol. The van der Waals surface area contributed by atoms with E-state index in [2.05, 4.69) is 4.98 Å². The first-order valence-corrected chi connectivity index (χ1v) is 5.14. The van der Waals surface area contributed by atoms with Crippen molar-refractivity contribution in [3.8, 4) is 5.82 Å². The van der Waals surface area contributed by atoms with Gasteiger partial charge in [0.2, 0.25) is 0 Å². The molecule has 2 heterocycles. The van der Waals surface area contributed by atoms with Crippen molar-refractivity contribution in [1.29, 1.82) is 0 Å². The fourth-order valence-electron chi connectivity index (χ4n) is 1.59. The Morgan fingerprint density at radius 3 is 2.82 bits per heavy atom. The van der Waals surface area contributed by atoms with Crippen LogP contribution in [0.4, 0.5) is 0 Å². The van der Waals surface area contributed by atoms with E-state index in [4.69, 9.17) is 5.11 Å². The van der Waals surface area contributed by atoms with Crippen LogP contribution in [0.25, 0.3) is 5.82 Å². The minimum absolute atomic E-state index is 0.255. The lowest BCUT2D eigenvalue weighted by Crippen LogP contribution is -2.14. The molecule has 17 heavy (non-hydrogen) atoms. The van der Waals surface area contributed by atoms with E-state index in [1.54, 1.807) is 4.57 Å². The number of carbonyl (C=O) groups is 1. The number of aryl methyl sites for hydroxylation is 1. The van der Waals surface area contributed by atoms with Gasteiger partial charge in [-0.3, -0.25) is 9.59 Å². The predicted molar refractivity (Wildman–Crippen MR) is 62.5 cm³/mol. The third-order valence-corrected chi connectivity index (χ3v) is 2.44. The number of H-pyrrole nitrogens is 1. The van der Waals surface area contributed by atoms with E-state index < -0.39 is 5.97 Å². The fourth-order valence-corrected chi connectivity index (χ4v) is 1.59. The molecule has 2 rings (SSSR count). The third-order valence-electron chi connectivity index (χ3n) is 2.44. The summed E-state index contributed by atoms with van der Waals surface area (Å²) in [5.41, 5.74) is 1.07. The van der Waals surface area contributed by atoms with Gasteiger partial charge in [-0.15, -0.1) is 0 Å². The average molecular weight is 232 g/mol. The van der Waals surface area contributed by atoms with E-state index in [-0.39, 0.29) is 17.4 Å². The first-order chi connectivity index (χ1) is 8.06. The zero-order chi connectivity index (χ0) is 12.4. The fraction of sp³-hybridized carbons (Fsp3) is 0.167. The Balaban J connectivity index is 2.37. The van der Waals surface area contributed by atoms with Crippen molar-refractivity contribution >= 4 is 5.97 Å². The molecule has 2 aromatic heterocycles. The Labute approximate surface area is 97.3 Å². The molecule has 0 atom stereocenters. The molecule has 2 N–H and O–H groups in total. The molecule has 88 valence electrons. The van der Waals surface area contributed by atoms with Crippen LogP contribution in [-0.2, 0) is 11.2 Å². The molecule has 5 heteroatoms. The number of pyridine rings is 1. The molecule has 0 aliphatic heterocycles. The van der Waals surface area contributed by atoms with E-state index in [1.807, 2.05) is 25.4 Å². The predicted octanol–water partition coefficient (Wildman–Crippen LogP) is 1.10. The standard InChI is InChI=1S/C12H12N2O3/c1-8-2-3-14(7-8)11-5-10(15)9(6-13-11)4-12(16)17/h2-3,5-7H,4H2,1H3,(H,13,15)(H,16,17). The number of hydrogen-bond acceptors (Lipinski definition) is 2. The zero-order valence-corrected chi connectivity index (χ0v) is 9.30. The number of carboxylic acid groups (broad SMARTS) is 1. The number of aromatic amines is 1. The van der Waals surface area contributed by atoms with Crippen LogP contribution in [0.5, 0.6) is 0 Å². The van der Waals surface area contributed by atoms with E-state index in [1.165, 1.54) is 12.3 Å². The van der Waals surface area contributed by atoms with Gasteiger partial charge < -0.3 is 14.7 Å². The van der Waals surface area contributed by atoms with Gasteiger partial charge in [-0.05, 0) is 18.6 Å². The average Bonchev–Trinajstić information content (AvgIpc) is 2.67. The lowest BCUT2D eigenvalue weighted by atomic mass is 10.2. The Bertz CT molecular complexity index is 610. The zero-order valence-electron chi connectivity index (χ0n) is 9.30. The normalized spacial score (nSPS) is 10.4. The van der Waals surface area contributed by atoms with E-state index in [0.29, 0.717) is 5.82 Å². The van der Waals surface area contributed by atoms with Crippen molar-refractivity contribution in [2.24, 2.45) is 0 Å². The molecule has 0 amide bonds. The van der Waals surface area contributed by atoms with Crippen LogP contribution in [0.3, 0.4) is 0 Å². The van der Waals surface area contributed by atoms with E-state index in [0.717, 1.165) is 5.56 Å². The number of nitrogens with one attached hydrogen (secondary N) is 1. The lowest BCUT2D eigenvalue weighted by molar-refractivity contribution is -0.136. The van der Waals surface area contributed by atoms with Gasteiger partial charge in [-0.25, -0.2) is 0 Å². The van der Waals surface area contributed by atoms with Crippen LogP contribution < -0.4 is 5.43 Å². The summed E-state index contributed by atoms with van der Waals surface area (Å²) in [4.78, 5) is 25.1. The minimum atomic E-state index is -1.01. The molecule has 0 fully saturated rings. The van der Waals surface area contributed by atoms with Gasteiger partial charge in [0.05, 0.1) is 6.42 Å². The maximum Gasteiger partial charge on any atom is 0.308 e. The minimum Gasteiger partial charge on any atom is -0.481 e. The molecule has 0 radical (unpaired) electrons. The van der Waals surface area contributed by atoms with Gasteiger partial charge in [-0.1, -0.05) is 0 Å². The molecule has 2 aromatic rings. The van der Waals surface area contributed by atoms with Gasteiger partial charge in [0, 0.05) is 30.2 Å². The van der Waals surface area contributed by atoms with Gasteiger partial charge in [0.1, 0.15) is 5.82 Å². The first kappa shape index (κ1) is 11.2. The second-order valence-electron chi connectivity index (χ2n) is 3.87. The molecule has 0 spiro atoms. The highest BCUT2D eigenvalue weighted by Gasteiger charge is 2.06. The maximum atomic E-state index is 11.7. The number of rotatable bonds is 3. The van der Waals surface area contributed by atoms with E-state index in [9.17, 15) is 9.59 Å². The summed E-state index contributed by atoms with van der Waals surface area (Å²) in [6, 6.07) is 3.32. The Morgan fingerprint density at radius 2 is 2.29 bits per heavy atom. The van der Waals surface area contributed by atoms with Crippen molar-refractivity contribution < 1.29 is 9.90 Å². The highest BCUT2D eigenvalue weighted by Crippen LogP contribution is 2.06. The topological polar surface area (TPSA) is 75.1 Å². The number of aromatic nitrogens is 2. The second kappa shape index (κ2) is 4.29. The Hall–Kier alpha value is -2.30. The van der Waals surface area contributed by atoms with Crippen LogP contribution in [0.2, 0.25) is 0 Å². The molecule has 0 unspecified atom stereocenters. The summed E-state index contributed by atoms with van der Waals surface area (Å²) in [5, 5.41) is 8.62. The number of nitrogens with zero attached hydrogens (tertiary/aromatic N) is 1. The molecular weight excluding hydrogens is 220 g/mol. The second-order valence-corrected chi connectivity index (χ2v) is 3.87. The van der Waals surface area contributed by atoms with Crippen LogP contribution >= 0.6 is 0 Å². The molecule has 0 aliphatic carbocycles. The van der Waals surface area contributed by atoms with Crippen molar-refractivity contribution in [2.45, 2.75) is 13.3 Å². The van der Waals surface area contributed by atoms with Gasteiger partial charge in [0.25, 0.3) is 0 Å². The van der Waals surface area contributed by atoms with Gasteiger partial charge in [0.15, 0.2) is 5.43 Å². The smallest absolute Gasteiger partial charge is 0.308 e. The Morgan fingerprint density at radius 1 is 1.53 bits per heavy atom. The van der Waals surface area contributed by atoms with Crippen LogP contribution in [0, 0.1) is 6.92 Å². The SMILES string of the molecule is Cc1ccn(-c2cc(=O)c(CC(=O)O)c[nH]2)c1. The number of aliphatic carboxylic acids is 1.